The van der Waals surface area contributed by atoms with E-state index in [0.29, 0.717) is 36.5 Å². The lowest BCUT2D eigenvalue weighted by molar-refractivity contribution is -0.0875. The van der Waals surface area contributed by atoms with E-state index in [0.717, 1.165) is 63.3 Å². The van der Waals surface area contributed by atoms with Gasteiger partial charge in [0.05, 0.1) is 25.0 Å². The lowest BCUT2D eigenvalue weighted by Crippen LogP contribution is -2.54. The first-order chi connectivity index (χ1) is 16.9. The van der Waals surface area contributed by atoms with Crippen molar-refractivity contribution in [1.29, 1.82) is 0 Å². The summed E-state index contributed by atoms with van der Waals surface area (Å²) in [7, 11) is 1.83. The van der Waals surface area contributed by atoms with Gasteiger partial charge in [0, 0.05) is 50.0 Å². The Labute approximate surface area is 209 Å². The first kappa shape index (κ1) is 24.5. The summed E-state index contributed by atoms with van der Waals surface area (Å²) in [4.78, 5) is 20.5. The molecule has 35 heavy (non-hydrogen) atoms. The van der Waals surface area contributed by atoms with Crippen molar-refractivity contribution in [2.75, 3.05) is 33.2 Å². The van der Waals surface area contributed by atoms with Crippen LogP contribution in [0.25, 0.3) is 0 Å². The Bertz CT molecular complexity index is 985. The fourth-order valence-corrected chi connectivity index (χ4v) is 6.44. The zero-order valence-corrected chi connectivity index (χ0v) is 21.8. The summed E-state index contributed by atoms with van der Waals surface area (Å²) in [5, 5.41) is 4.79. The van der Waals surface area contributed by atoms with Gasteiger partial charge in [-0.3, -0.25) is 19.3 Å². The molecule has 1 unspecified atom stereocenters. The standard InChI is InChI=1S/C27H41N5O3/c1-5-32-25-9-8-22(30-12-10-21(11-13-30)31-16-19(2)35-20(3)17-31)15-24(25)26(28-32)27(33)29(4)18-23-7-6-14-34-23/h6-7,14,19-22H,5,8-13,15-18H2,1-4H3/t19-,20+,22?. The third kappa shape index (κ3) is 5.20. The maximum absolute atomic E-state index is 13.4. The summed E-state index contributed by atoms with van der Waals surface area (Å²) in [5.74, 6) is 0.772. The van der Waals surface area contributed by atoms with Crippen LogP contribution in [0.1, 0.15) is 67.5 Å². The predicted octanol–water partition coefficient (Wildman–Crippen LogP) is 3.20. The highest BCUT2D eigenvalue weighted by atomic mass is 16.5. The number of morpholine rings is 1. The Morgan fingerprint density at radius 3 is 2.51 bits per heavy atom. The molecule has 3 atom stereocenters. The average Bonchev–Trinajstić information content (AvgIpc) is 3.50. The summed E-state index contributed by atoms with van der Waals surface area (Å²) < 4.78 is 13.4. The molecule has 3 aliphatic rings. The van der Waals surface area contributed by atoms with Crippen molar-refractivity contribution < 1.29 is 13.9 Å². The molecule has 0 spiro atoms. The average molecular weight is 484 g/mol. The van der Waals surface area contributed by atoms with Crippen molar-refractivity contribution in [3.05, 3.63) is 41.1 Å². The van der Waals surface area contributed by atoms with Crippen molar-refractivity contribution in [3.8, 4) is 0 Å². The fraction of sp³-hybridized carbons (Fsp3) is 0.704. The van der Waals surface area contributed by atoms with E-state index in [4.69, 9.17) is 14.3 Å². The topological polar surface area (TPSA) is 67.0 Å². The van der Waals surface area contributed by atoms with Crippen LogP contribution in [0.5, 0.6) is 0 Å². The second-order valence-corrected chi connectivity index (χ2v) is 10.7. The highest BCUT2D eigenvalue weighted by molar-refractivity contribution is 5.94. The predicted molar refractivity (Wildman–Crippen MR) is 134 cm³/mol. The van der Waals surface area contributed by atoms with E-state index in [-0.39, 0.29) is 5.91 Å². The number of furan rings is 1. The van der Waals surface area contributed by atoms with Crippen molar-refractivity contribution in [2.24, 2.45) is 0 Å². The van der Waals surface area contributed by atoms with Crippen LogP contribution < -0.4 is 0 Å². The molecule has 2 aliphatic heterocycles. The number of aromatic nitrogens is 2. The van der Waals surface area contributed by atoms with Crippen LogP contribution in [0.4, 0.5) is 0 Å². The smallest absolute Gasteiger partial charge is 0.274 e. The van der Waals surface area contributed by atoms with Crippen LogP contribution >= 0.6 is 0 Å². The molecule has 192 valence electrons. The molecule has 2 fully saturated rings. The molecular weight excluding hydrogens is 442 g/mol. The van der Waals surface area contributed by atoms with Crippen LogP contribution in [0.3, 0.4) is 0 Å². The van der Waals surface area contributed by atoms with Crippen LogP contribution in [0.15, 0.2) is 22.8 Å². The Kier molecular flexibility index (Phi) is 7.32. The number of hydrogen-bond donors (Lipinski definition) is 0. The van der Waals surface area contributed by atoms with Crippen molar-refractivity contribution >= 4 is 5.91 Å². The number of fused-ring (bicyclic) bond motifs is 1. The van der Waals surface area contributed by atoms with Crippen LogP contribution in [0.2, 0.25) is 0 Å². The van der Waals surface area contributed by atoms with Gasteiger partial charge in [0.25, 0.3) is 5.91 Å². The minimum Gasteiger partial charge on any atom is -0.467 e. The minimum atomic E-state index is -0.0141. The number of piperidine rings is 1. The third-order valence-electron chi connectivity index (χ3n) is 8.12. The molecule has 0 bridgehead atoms. The third-order valence-corrected chi connectivity index (χ3v) is 8.12. The Balaban J connectivity index is 1.25. The number of aryl methyl sites for hydroxylation is 1. The second-order valence-electron chi connectivity index (χ2n) is 10.7. The number of ether oxygens (including phenoxy) is 1. The summed E-state index contributed by atoms with van der Waals surface area (Å²) in [6.45, 7) is 12.1. The molecule has 1 amide bonds. The van der Waals surface area contributed by atoms with E-state index in [1.54, 1.807) is 11.2 Å². The summed E-state index contributed by atoms with van der Waals surface area (Å²) in [5.41, 5.74) is 3.05. The molecule has 5 rings (SSSR count). The Morgan fingerprint density at radius 1 is 1.11 bits per heavy atom. The Hall–Kier alpha value is -2.16. The number of carbonyl (C=O) groups is 1. The number of amides is 1. The number of nitrogens with zero attached hydrogens (tertiary/aromatic N) is 5. The van der Waals surface area contributed by atoms with Crippen molar-refractivity contribution in [2.45, 2.75) is 90.3 Å². The van der Waals surface area contributed by atoms with Gasteiger partial charge in [-0.25, -0.2) is 0 Å². The van der Waals surface area contributed by atoms with E-state index >= 15 is 0 Å². The van der Waals surface area contributed by atoms with Crippen molar-refractivity contribution in [1.82, 2.24) is 24.5 Å². The van der Waals surface area contributed by atoms with E-state index in [1.165, 1.54) is 18.5 Å². The maximum Gasteiger partial charge on any atom is 0.274 e. The monoisotopic (exact) mass is 483 g/mol. The molecule has 0 saturated carbocycles. The highest BCUT2D eigenvalue weighted by Crippen LogP contribution is 2.31. The first-order valence-corrected chi connectivity index (χ1v) is 13.4. The van der Waals surface area contributed by atoms with Gasteiger partial charge in [0.15, 0.2) is 5.69 Å². The normalized spacial score (nSPS) is 26.6. The van der Waals surface area contributed by atoms with Gasteiger partial charge < -0.3 is 14.1 Å². The molecule has 1 aliphatic carbocycles. The number of likely N-dealkylation sites (tertiary alicyclic amines) is 1. The molecule has 0 radical (unpaired) electrons. The number of carbonyl (C=O) groups excluding carboxylic acids is 1. The van der Waals surface area contributed by atoms with Gasteiger partial charge in [-0.15, -0.1) is 0 Å². The summed E-state index contributed by atoms with van der Waals surface area (Å²) in [6.07, 6.45) is 7.79. The molecule has 2 saturated heterocycles. The van der Waals surface area contributed by atoms with E-state index in [9.17, 15) is 4.79 Å². The van der Waals surface area contributed by atoms with Gasteiger partial charge in [0.1, 0.15) is 5.76 Å². The van der Waals surface area contributed by atoms with Crippen molar-refractivity contribution in [3.63, 3.8) is 0 Å². The molecule has 0 aromatic carbocycles. The largest absolute Gasteiger partial charge is 0.467 e. The Morgan fingerprint density at radius 2 is 1.86 bits per heavy atom. The van der Waals surface area contributed by atoms with E-state index in [2.05, 4.69) is 30.6 Å². The fourth-order valence-electron chi connectivity index (χ4n) is 6.44. The molecular formula is C27H41N5O3. The molecule has 8 nitrogen and oxygen atoms in total. The molecule has 2 aromatic rings. The van der Waals surface area contributed by atoms with Crippen LogP contribution in [-0.4, -0.2) is 87.9 Å². The van der Waals surface area contributed by atoms with Gasteiger partial charge in [-0.2, -0.15) is 5.10 Å². The van der Waals surface area contributed by atoms with Gasteiger partial charge in [0.2, 0.25) is 0 Å². The maximum atomic E-state index is 13.4. The highest BCUT2D eigenvalue weighted by Gasteiger charge is 2.36. The van der Waals surface area contributed by atoms with Gasteiger partial charge in [-0.05, 0) is 78.1 Å². The summed E-state index contributed by atoms with van der Waals surface area (Å²) >= 11 is 0. The van der Waals surface area contributed by atoms with Crippen LogP contribution in [0, 0.1) is 0 Å². The van der Waals surface area contributed by atoms with Crippen LogP contribution in [-0.2, 0) is 30.7 Å². The van der Waals surface area contributed by atoms with Gasteiger partial charge in [-0.1, -0.05) is 0 Å². The summed E-state index contributed by atoms with van der Waals surface area (Å²) in [6, 6.07) is 4.91. The molecule has 4 heterocycles. The molecule has 2 aromatic heterocycles. The lowest BCUT2D eigenvalue weighted by atomic mass is 9.88. The first-order valence-electron chi connectivity index (χ1n) is 13.4. The zero-order valence-electron chi connectivity index (χ0n) is 21.8. The van der Waals surface area contributed by atoms with E-state index in [1.807, 2.05) is 23.9 Å². The quantitative estimate of drug-likeness (QED) is 0.629. The SMILES string of the molecule is CCn1nc(C(=O)N(C)Cc2ccco2)c2c1CCC(N1CCC(N3C[C@@H](C)O[C@@H](C)C3)CC1)C2. The number of rotatable bonds is 6. The molecule has 8 heteroatoms. The van der Waals surface area contributed by atoms with E-state index < -0.39 is 0 Å². The second kappa shape index (κ2) is 10.4. The zero-order chi connectivity index (χ0) is 24.5. The number of hydrogen-bond acceptors (Lipinski definition) is 6. The lowest BCUT2D eigenvalue weighted by Gasteiger charge is -2.45. The van der Waals surface area contributed by atoms with Gasteiger partial charge >= 0.3 is 0 Å². The minimum absolute atomic E-state index is 0.0141. The molecule has 0 N–H and O–H groups in total.